The summed E-state index contributed by atoms with van der Waals surface area (Å²) in [6, 6.07) is 17.0. The van der Waals surface area contributed by atoms with E-state index < -0.39 is 6.04 Å². The minimum absolute atomic E-state index is 0.241. The molecule has 0 amide bonds. The van der Waals surface area contributed by atoms with E-state index in [-0.39, 0.29) is 5.82 Å². The van der Waals surface area contributed by atoms with Gasteiger partial charge in [-0.2, -0.15) is 0 Å². The highest BCUT2D eigenvalue weighted by Gasteiger charge is 2.18. The fourth-order valence-electron chi connectivity index (χ4n) is 2.86. The molecule has 21 heavy (non-hydrogen) atoms. The molecular weight excluding hydrogens is 261 g/mol. The van der Waals surface area contributed by atoms with Gasteiger partial charge in [0, 0.05) is 5.56 Å². The van der Waals surface area contributed by atoms with Gasteiger partial charge in [0.15, 0.2) is 0 Å². The Morgan fingerprint density at radius 3 is 2.48 bits per heavy atom. The lowest BCUT2D eigenvalue weighted by Gasteiger charge is -2.19. The highest BCUT2D eigenvalue weighted by atomic mass is 19.1. The first kappa shape index (κ1) is 13.8. The van der Waals surface area contributed by atoms with Crippen molar-refractivity contribution in [2.75, 3.05) is 0 Å². The van der Waals surface area contributed by atoms with Gasteiger partial charge in [0.25, 0.3) is 0 Å². The first-order valence-electron chi connectivity index (χ1n) is 7.08. The second-order valence-electron chi connectivity index (χ2n) is 5.52. The maximum absolute atomic E-state index is 14.2. The molecule has 0 radical (unpaired) electrons. The molecule has 0 saturated heterocycles. The van der Waals surface area contributed by atoms with Gasteiger partial charge < -0.3 is 5.73 Å². The van der Waals surface area contributed by atoms with Gasteiger partial charge in [-0.3, -0.25) is 0 Å². The molecule has 2 heteroatoms. The van der Waals surface area contributed by atoms with Gasteiger partial charge in [-0.1, -0.05) is 48.5 Å². The summed E-state index contributed by atoms with van der Waals surface area (Å²) in [5.41, 5.74) is 9.92. The van der Waals surface area contributed by atoms with E-state index in [9.17, 15) is 4.39 Å². The molecule has 0 heterocycles. The molecule has 0 aliphatic carbocycles. The van der Waals surface area contributed by atoms with Crippen LogP contribution in [-0.4, -0.2) is 0 Å². The third-order valence-corrected chi connectivity index (χ3v) is 3.99. The van der Waals surface area contributed by atoms with Crippen LogP contribution in [0.1, 0.15) is 28.3 Å². The van der Waals surface area contributed by atoms with Gasteiger partial charge in [-0.25, -0.2) is 4.39 Å². The first-order chi connectivity index (χ1) is 10.1. The predicted octanol–water partition coefficient (Wildman–Crippen LogP) is 4.64. The van der Waals surface area contributed by atoms with Crippen LogP contribution in [0.4, 0.5) is 4.39 Å². The van der Waals surface area contributed by atoms with Crippen LogP contribution in [-0.2, 0) is 0 Å². The Hall–Kier alpha value is -2.19. The van der Waals surface area contributed by atoms with E-state index in [1.807, 2.05) is 44.2 Å². The van der Waals surface area contributed by atoms with Crippen molar-refractivity contribution in [3.05, 3.63) is 82.7 Å². The molecule has 0 fully saturated rings. The third-order valence-electron chi connectivity index (χ3n) is 3.99. The van der Waals surface area contributed by atoms with E-state index in [0.29, 0.717) is 5.56 Å². The Labute approximate surface area is 124 Å². The molecule has 1 unspecified atom stereocenters. The number of benzene rings is 3. The molecule has 106 valence electrons. The van der Waals surface area contributed by atoms with Crippen LogP contribution in [0.2, 0.25) is 0 Å². The Morgan fingerprint density at radius 1 is 0.952 bits per heavy atom. The van der Waals surface area contributed by atoms with Gasteiger partial charge >= 0.3 is 0 Å². The molecule has 0 bridgehead atoms. The van der Waals surface area contributed by atoms with Crippen LogP contribution in [0.15, 0.2) is 54.6 Å². The van der Waals surface area contributed by atoms with Crippen LogP contribution in [0.5, 0.6) is 0 Å². The molecule has 3 rings (SSSR count). The summed E-state index contributed by atoms with van der Waals surface area (Å²) < 4.78 is 14.2. The maximum atomic E-state index is 14.2. The van der Waals surface area contributed by atoms with Crippen LogP contribution in [0.25, 0.3) is 10.8 Å². The van der Waals surface area contributed by atoms with Crippen molar-refractivity contribution in [1.29, 1.82) is 0 Å². The number of nitrogens with two attached hydrogens (primary N) is 1. The smallest absolute Gasteiger partial charge is 0.128 e. The molecular formula is C19H18FN. The summed E-state index contributed by atoms with van der Waals surface area (Å²) in [5, 5.41) is 2.21. The summed E-state index contributed by atoms with van der Waals surface area (Å²) in [5.74, 6) is -0.241. The van der Waals surface area contributed by atoms with Crippen molar-refractivity contribution in [3.63, 3.8) is 0 Å². The van der Waals surface area contributed by atoms with Gasteiger partial charge in [0.05, 0.1) is 6.04 Å². The molecule has 0 aliphatic heterocycles. The van der Waals surface area contributed by atoms with Gasteiger partial charge in [0.2, 0.25) is 0 Å². The molecule has 3 aromatic rings. The average molecular weight is 279 g/mol. The Morgan fingerprint density at radius 2 is 1.71 bits per heavy atom. The SMILES string of the molecule is Cc1ccc(C(N)c2c(C)ccc3ccccc23)c(F)c1. The molecule has 1 nitrogen and oxygen atoms in total. The van der Waals surface area contributed by atoms with Gasteiger partial charge in [-0.05, 0) is 47.4 Å². The van der Waals surface area contributed by atoms with Crippen molar-refractivity contribution >= 4 is 10.8 Å². The van der Waals surface area contributed by atoms with E-state index in [2.05, 4.69) is 12.1 Å². The van der Waals surface area contributed by atoms with E-state index in [4.69, 9.17) is 5.73 Å². The van der Waals surface area contributed by atoms with Crippen molar-refractivity contribution in [2.45, 2.75) is 19.9 Å². The molecule has 0 spiro atoms. The van der Waals surface area contributed by atoms with E-state index in [0.717, 1.165) is 27.5 Å². The summed E-state index contributed by atoms with van der Waals surface area (Å²) >= 11 is 0. The monoisotopic (exact) mass is 279 g/mol. The van der Waals surface area contributed by atoms with Gasteiger partial charge in [-0.15, -0.1) is 0 Å². The molecule has 0 aromatic heterocycles. The standard InChI is InChI=1S/C19H18FN/c1-12-7-10-16(17(20)11-12)19(21)18-13(2)8-9-14-5-3-4-6-15(14)18/h3-11,19H,21H2,1-2H3. The summed E-state index contributed by atoms with van der Waals surface area (Å²) in [7, 11) is 0. The first-order valence-corrected chi connectivity index (χ1v) is 7.08. The van der Waals surface area contributed by atoms with E-state index in [1.54, 1.807) is 6.07 Å². The van der Waals surface area contributed by atoms with Crippen molar-refractivity contribution in [2.24, 2.45) is 5.73 Å². The zero-order valence-corrected chi connectivity index (χ0v) is 12.2. The average Bonchev–Trinajstić information content (AvgIpc) is 2.46. The Bertz CT molecular complexity index is 808. The lowest BCUT2D eigenvalue weighted by Crippen LogP contribution is -2.15. The van der Waals surface area contributed by atoms with E-state index in [1.165, 1.54) is 6.07 Å². The number of halogens is 1. The zero-order valence-electron chi connectivity index (χ0n) is 12.2. The topological polar surface area (TPSA) is 26.0 Å². The van der Waals surface area contributed by atoms with Crippen molar-refractivity contribution in [3.8, 4) is 0 Å². The molecule has 2 N–H and O–H groups in total. The Balaban J connectivity index is 2.21. The molecule has 1 atom stereocenters. The van der Waals surface area contributed by atoms with E-state index >= 15 is 0 Å². The summed E-state index contributed by atoms with van der Waals surface area (Å²) in [6.45, 7) is 3.90. The fourth-order valence-corrected chi connectivity index (χ4v) is 2.86. The van der Waals surface area contributed by atoms with Crippen molar-refractivity contribution in [1.82, 2.24) is 0 Å². The quantitative estimate of drug-likeness (QED) is 0.726. The second-order valence-corrected chi connectivity index (χ2v) is 5.52. The highest BCUT2D eigenvalue weighted by molar-refractivity contribution is 5.87. The number of hydrogen-bond donors (Lipinski definition) is 1. The van der Waals surface area contributed by atoms with Crippen LogP contribution in [0, 0.1) is 19.7 Å². The zero-order chi connectivity index (χ0) is 15.0. The van der Waals surface area contributed by atoms with Crippen molar-refractivity contribution < 1.29 is 4.39 Å². The number of aryl methyl sites for hydroxylation is 2. The fraction of sp³-hybridized carbons (Fsp3) is 0.158. The van der Waals surface area contributed by atoms with Crippen LogP contribution >= 0.6 is 0 Å². The number of hydrogen-bond acceptors (Lipinski definition) is 1. The molecule has 3 aromatic carbocycles. The normalized spacial score (nSPS) is 12.6. The van der Waals surface area contributed by atoms with Crippen LogP contribution < -0.4 is 5.73 Å². The number of rotatable bonds is 2. The summed E-state index contributed by atoms with van der Waals surface area (Å²) in [4.78, 5) is 0. The lowest BCUT2D eigenvalue weighted by molar-refractivity contribution is 0.598. The summed E-state index contributed by atoms with van der Waals surface area (Å²) in [6.07, 6.45) is 0. The Kier molecular flexibility index (Phi) is 3.48. The highest BCUT2D eigenvalue weighted by Crippen LogP contribution is 2.31. The molecule has 0 saturated carbocycles. The maximum Gasteiger partial charge on any atom is 0.128 e. The minimum atomic E-state index is -0.461. The second kappa shape index (κ2) is 5.30. The predicted molar refractivity (Wildman–Crippen MR) is 85.9 cm³/mol. The largest absolute Gasteiger partial charge is 0.320 e. The van der Waals surface area contributed by atoms with Gasteiger partial charge in [0.1, 0.15) is 5.82 Å². The number of fused-ring (bicyclic) bond motifs is 1. The lowest BCUT2D eigenvalue weighted by atomic mass is 9.90. The van der Waals surface area contributed by atoms with Crippen LogP contribution in [0.3, 0.4) is 0 Å². The molecule has 0 aliphatic rings. The third kappa shape index (κ3) is 2.43. The minimum Gasteiger partial charge on any atom is -0.320 e.